The topological polar surface area (TPSA) is 76.0 Å². The summed E-state index contributed by atoms with van der Waals surface area (Å²) >= 11 is 0. The Kier molecular flexibility index (Phi) is 9.67. The van der Waals surface area contributed by atoms with Crippen molar-refractivity contribution in [3.63, 3.8) is 0 Å². The minimum absolute atomic E-state index is 0.0225. The Bertz CT molecular complexity index is 1660. The largest absolute Gasteiger partial charge is 0.481 e. The van der Waals surface area contributed by atoms with Crippen molar-refractivity contribution >= 4 is 5.97 Å². The summed E-state index contributed by atoms with van der Waals surface area (Å²) in [4.78, 5) is 13.2. The molecule has 1 aromatic carbocycles. The molecule has 312 valence electrons. The van der Waals surface area contributed by atoms with Crippen molar-refractivity contribution in [1.82, 2.24) is 0 Å². The number of methoxy groups -OCH3 is 1. The first kappa shape index (κ1) is 40.0. The highest BCUT2D eigenvalue weighted by Gasteiger charge is 2.86. The lowest BCUT2D eigenvalue weighted by Crippen LogP contribution is -2.80. The molecule has 0 aromatic heterocycles. The van der Waals surface area contributed by atoms with Gasteiger partial charge in [-0.05, 0) is 177 Å². The second-order valence-corrected chi connectivity index (χ2v) is 22.8. The van der Waals surface area contributed by atoms with Crippen LogP contribution in [0.5, 0.6) is 0 Å². The van der Waals surface area contributed by atoms with Crippen LogP contribution in [0, 0.1) is 73.4 Å². The van der Waals surface area contributed by atoms with Crippen molar-refractivity contribution in [3.8, 4) is 0 Å². The fourth-order valence-corrected chi connectivity index (χ4v) is 19.0. The van der Waals surface area contributed by atoms with E-state index in [1.54, 1.807) is 7.11 Å². The molecule has 4 bridgehead atoms. The molecule has 5 nitrogen and oxygen atoms in total. The van der Waals surface area contributed by atoms with Crippen molar-refractivity contribution in [2.45, 2.75) is 188 Å². The van der Waals surface area contributed by atoms with E-state index in [0.717, 1.165) is 58.0 Å². The molecule has 7 aliphatic carbocycles. The van der Waals surface area contributed by atoms with Crippen LogP contribution < -0.4 is 0 Å². The maximum absolute atomic E-state index is 13.2. The van der Waals surface area contributed by atoms with Gasteiger partial charge < -0.3 is 19.7 Å². The molecule has 0 radical (unpaired) electrons. The Morgan fingerprint density at radius 2 is 1.59 bits per heavy atom. The molecule has 1 aromatic rings. The minimum Gasteiger partial charge on any atom is -0.481 e. The van der Waals surface area contributed by atoms with E-state index in [0.29, 0.717) is 29.6 Å². The van der Waals surface area contributed by atoms with Gasteiger partial charge in [0.25, 0.3) is 0 Å². The zero-order valence-electron chi connectivity index (χ0n) is 36.5. The summed E-state index contributed by atoms with van der Waals surface area (Å²) in [6.07, 6.45) is 24.3. The molecular formula is C51H78O5. The SMILES string of the molecule is CCCCCC1CCC23CCC45C(Cc6ccc(CCOC)cc6)OC(O)(CC6CCC(CC17C1CC(C)(C(=O)O)CCC1(C)CCC72C)C3(C)C64)C5CCC. The van der Waals surface area contributed by atoms with E-state index in [9.17, 15) is 15.0 Å². The van der Waals surface area contributed by atoms with E-state index in [4.69, 9.17) is 9.47 Å². The first-order chi connectivity index (χ1) is 26.7. The number of hydrogen-bond donors (Lipinski definition) is 2. The fourth-order valence-electron chi connectivity index (χ4n) is 19.0. The Morgan fingerprint density at radius 3 is 2.30 bits per heavy atom. The number of carbonyl (C=O) groups is 1. The van der Waals surface area contributed by atoms with Gasteiger partial charge >= 0.3 is 5.97 Å². The Balaban J connectivity index is 1.18. The van der Waals surface area contributed by atoms with Gasteiger partial charge in [-0.1, -0.05) is 84.6 Å². The lowest BCUT2D eigenvalue weighted by molar-refractivity contribution is -0.382. The van der Waals surface area contributed by atoms with Gasteiger partial charge in [0.05, 0.1) is 18.1 Å². The quantitative estimate of drug-likeness (QED) is 0.207. The molecule has 56 heavy (non-hydrogen) atoms. The van der Waals surface area contributed by atoms with Gasteiger partial charge in [0.2, 0.25) is 0 Å². The number of aliphatic carboxylic acids is 1. The second-order valence-electron chi connectivity index (χ2n) is 22.8. The van der Waals surface area contributed by atoms with Crippen molar-refractivity contribution in [2.24, 2.45) is 73.4 Å². The molecule has 0 amide bonds. The van der Waals surface area contributed by atoms with Gasteiger partial charge in [0.15, 0.2) is 5.79 Å². The highest BCUT2D eigenvalue weighted by Crippen LogP contribution is 2.91. The summed E-state index contributed by atoms with van der Waals surface area (Å²) in [7, 11) is 1.78. The summed E-state index contributed by atoms with van der Waals surface area (Å²) in [5.41, 5.74) is 3.05. The average molecular weight is 771 g/mol. The van der Waals surface area contributed by atoms with E-state index < -0.39 is 17.2 Å². The first-order valence-corrected chi connectivity index (χ1v) is 23.9. The number of ether oxygens (including phenoxy) is 2. The van der Waals surface area contributed by atoms with Crippen LogP contribution in [0.4, 0.5) is 0 Å². The molecular weight excluding hydrogens is 693 g/mol. The molecule has 2 spiro atoms. The van der Waals surface area contributed by atoms with Crippen LogP contribution in [0.25, 0.3) is 0 Å². The molecule has 9 rings (SSSR count). The second kappa shape index (κ2) is 13.5. The normalized spacial score (nSPS) is 51.1. The Labute approximate surface area is 340 Å². The molecule has 8 aliphatic rings. The number of aliphatic hydroxyl groups is 1. The van der Waals surface area contributed by atoms with Crippen LogP contribution in [-0.4, -0.2) is 41.8 Å². The number of carboxylic acid groups (broad SMARTS) is 1. The summed E-state index contributed by atoms with van der Waals surface area (Å²) in [6.45, 7) is 15.9. The van der Waals surface area contributed by atoms with Crippen LogP contribution >= 0.6 is 0 Å². The number of fused-ring (bicyclic) bond motifs is 2. The highest BCUT2D eigenvalue weighted by atomic mass is 16.6. The number of rotatable bonds is 12. The molecule has 5 heteroatoms. The third-order valence-corrected chi connectivity index (χ3v) is 21.3. The number of unbranched alkanes of at least 4 members (excludes halogenated alkanes) is 2. The zero-order valence-corrected chi connectivity index (χ0v) is 36.5. The summed E-state index contributed by atoms with van der Waals surface area (Å²) in [5, 5.41) is 23.7. The monoisotopic (exact) mass is 771 g/mol. The lowest BCUT2D eigenvalue weighted by atomic mass is 9.18. The minimum atomic E-state index is -1.02. The van der Waals surface area contributed by atoms with E-state index in [-0.39, 0.29) is 44.5 Å². The number of carboxylic acids is 1. The van der Waals surface area contributed by atoms with Gasteiger partial charge in [0.1, 0.15) is 0 Å². The van der Waals surface area contributed by atoms with Gasteiger partial charge in [-0.25, -0.2) is 0 Å². The van der Waals surface area contributed by atoms with Crippen molar-refractivity contribution in [2.75, 3.05) is 13.7 Å². The molecule has 1 heterocycles. The van der Waals surface area contributed by atoms with Crippen molar-refractivity contribution < 1.29 is 24.5 Å². The third-order valence-electron chi connectivity index (χ3n) is 21.3. The average Bonchev–Trinajstić information content (AvgIpc) is 3.30. The highest BCUT2D eigenvalue weighted by molar-refractivity contribution is 5.74. The zero-order chi connectivity index (χ0) is 39.6. The van der Waals surface area contributed by atoms with Crippen LogP contribution in [0.15, 0.2) is 24.3 Å². The summed E-state index contributed by atoms with van der Waals surface area (Å²) < 4.78 is 12.7. The summed E-state index contributed by atoms with van der Waals surface area (Å²) in [6, 6.07) is 9.26. The van der Waals surface area contributed by atoms with E-state index in [1.807, 2.05) is 0 Å². The molecule has 15 unspecified atom stereocenters. The van der Waals surface area contributed by atoms with Crippen LogP contribution in [0.1, 0.15) is 175 Å². The van der Waals surface area contributed by atoms with Crippen LogP contribution in [0.3, 0.4) is 0 Å². The van der Waals surface area contributed by atoms with Gasteiger partial charge in [-0.3, -0.25) is 4.79 Å². The fraction of sp³-hybridized carbons (Fsp3) is 0.863. The molecule has 8 fully saturated rings. The van der Waals surface area contributed by atoms with E-state index in [1.165, 1.54) is 94.6 Å². The Morgan fingerprint density at radius 1 is 0.839 bits per heavy atom. The third kappa shape index (κ3) is 4.98. The number of benzene rings is 1. The maximum atomic E-state index is 13.2. The van der Waals surface area contributed by atoms with Crippen LogP contribution in [0.2, 0.25) is 0 Å². The number of hydrogen-bond acceptors (Lipinski definition) is 4. The molecule has 1 saturated heterocycles. The van der Waals surface area contributed by atoms with Crippen molar-refractivity contribution in [1.29, 1.82) is 0 Å². The summed E-state index contributed by atoms with van der Waals surface area (Å²) in [5.74, 6) is 1.50. The Hall–Kier alpha value is -1.43. The molecule has 1 aliphatic heterocycles. The molecule has 15 atom stereocenters. The smallest absolute Gasteiger partial charge is 0.309 e. The van der Waals surface area contributed by atoms with Gasteiger partial charge in [0, 0.05) is 24.9 Å². The van der Waals surface area contributed by atoms with Crippen LogP contribution in [-0.2, 0) is 27.1 Å². The predicted molar refractivity (Wildman–Crippen MR) is 223 cm³/mol. The van der Waals surface area contributed by atoms with Gasteiger partial charge in [-0.2, -0.15) is 0 Å². The van der Waals surface area contributed by atoms with E-state index in [2.05, 4.69) is 65.8 Å². The predicted octanol–water partition coefficient (Wildman–Crippen LogP) is 11.8. The standard InChI is InChI=1S/C51H78O5/c1-8-10-11-13-37-20-22-48-27-28-49-39(12-9-2)51(54,56-41(49)30-35-16-14-34(15-17-35)21-29-55-7)31-36-18-19-38(47(48,6)42(36)49)32-50(37)40-33-45(4,43(52)53)24-23-44(40,3)25-26-46(48,50)5/h14-17,36-42,54H,8-13,18-33H2,1-7H3,(H,52,53). The molecule has 2 N–H and O–H groups in total. The van der Waals surface area contributed by atoms with Crippen molar-refractivity contribution in [3.05, 3.63) is 35.4 Å². The molecule has 7 saturated carbocycles. The van der Waals surface area contributed by atoms with E-state index >= 15 is 0 Å². The van der Waals surface area contributed by atoms with Gasteiger partial charge in [-0.15, -0.1) is 0 Å². The first-order valence-electron chi connectivity index (χ1n) is 23.9. The maximum Gasteiger partial charge on any atom is 0.309 e. The lowest BCUT2D eigenvalue weighted by Gasteiger charge is -2.86.